The summed E-state index contributed by atoms with van der Waals surface area (Å²) in [6.45, 7) is 8.12. The molecule has 0 amide bonds. The monoisotopic (exact) mass is 497 g/mol. The molecule has 38 heavy (non-hydrogen) atoms. The van der Waals surface area contributed by atoms with Crippen molar-refractivity contribution < 1.29 is 18.8 Å². The van der Waals surface area contributed by atoms with Crippen LogP contribution in [0.25, 0.3) is 11.1 Å². The molecule has 4 aromatic rings. The Kier molecular flexibility index (Phi) is 4.88. The molecule has 3 aliphatic rings. The van der Waals surface area contributed by atoms with Crippen LogP contribution in [0.3, 0.4) is 0 Å². The average molecular weight is 497 g/mol. The van der Waals surface area contributed by atoms with Crippen molar-refractivity contribution in [2.75, 3.05) is 0 Å². The molecule has 7 rings (SSSR count). The predicted molar refractivity (Wildman–Crippen MR) is 150 cm³/mol. The molecule has 5 nitrogen and oxygen atoms in total. The van der Waals surface area contributed by atoms with Crippen LogP contribution < -0.4 is 31.3 Å². The summed E-state index contributed by atoms with van der Waals surface area (Å²) < 4.78 is 25.5. The van der Waals surface area contributed by atoms with Crippen molar-refractivity contribution in [3.05, 3.63) is 84.4 Å². The summed E-state index contributed by atoms with van der Waals surface area (Å²) in [7, 11) is -0.571. The number of rotatable bonds is 2. The van der Waals surface area contributed by atoms with Crippen LogP contribution in [0.1, 0.15) is 33.3 Å². The lowest BCUT2D eigenvalue weighted by molar-refractivity contribution is 0.00578. The topological polar surface area (TPSA) is 60.7 Å². The normalized spacial score (nSPS) is 17.4. The van der Waals surface area contributed by atoms with E-state index in [1.807, 2.05) is 94.4 Å². The summed E-state index contributed by atoms with van der Waals surface area (Å²) in [6, 6.07) is 28.5. The summed E-state index contributed by atoms with van der Waals surface area (Å²) in [5.41, 5.74) is 5.42. The minimum atomic E-state index is -0.571. The maximum absolute atomic E-state index is 9.86. The van der Waals surface area contributed by atoms with Gasteiger partial charge in [-0.15, -0.1) is 0 Å². The standard InChI is InChI=1S/C31H25B2NO4/c1-30(2)31(3,4)38-33(37-30)22-14-19(18-34)13-20(15-22)21-16-27-29-28(17-21)36-26-12-8-6-10-24(26)32(29)23-9-5-7-11-25(23)35-27/h5-17H,1-4H3. The second-order valence-electron chi connectivity index (χ2n) is 11.1. The van der Waals surface area contributed by atoms with Crippen LogP contribution in [-0.2, 0) is 9.31 Å². The number of hydrogen-bond acceptors (Lipinski definition) is 5. The van der Waals surface area contributed by atoms with E-state index < -0.39 is 18.3 Å². The fourth-order valence-corrected chi connectivity index (χ4v) is 5.56. The Labute approximate surface area is 223 Å². The highest BCUT2D eigenvalue weighted by atomic mass is 16.7. The Bertz CT molecular complexity index is 1590. The Morgan fingerprint density at radius 2 is 1.18 bits per heavy atom. The van der Waals surface area contributed by atoms with Gasteiger partial charge in [-0.2, -0.15) is 5.26 Å². The van der Waals surface area contributed by atoms with Gasteiger partial charge in [0, 0.05) is 5.46 Å². The SMILES string of the molecule is CC1(C)OB(c2cc(C#N)cc(-c3cc4c5c(c3)Oc3ccccc3B5c3ccccc3O4)c2)OC1(C)C. The lowest BCUT2D eigenvalue weighted by Gasteiger charge is -2.33. The molecule has 0 saturated carbocycles. The van der Waals surface area contributed by atoms with E-state index in [1.165, 1.54) is 0 Å². The molecule has 0 N–H and O–H groups in total. The van der Waals surface area contributed by atoms with E-state index in [0.717, 1.165) is 56.0 Å². The summed E-state index contributed by atoms with van der Waals surface area (Å²) in [6.07, 6.45) is 0. The molecule has 0 bridgehead atoms. The zero-order valence-corrected chi connectivity index (χ0v) is 21.7. The van der Waals surface area contributed by atoms with Gasteiger partial charge < -0.3 is 18.8 Å². The van der Waals surface area contributed by atoms with Gasteiger partial charge in [-0.25, -0.2) is 0 Å². The molecule has 1 fully saturated rings. The Morgan fingerprint density at radius 1 is 0.658 bits per heavy atom. The minimum absolute atomic E-state index is 0.0229. The van der Waals surface area contributed by atoms with E-state index in [2.05, 4.69) is 18.2 Å². The van der Waals surface area contributed by atoms with Crippen molar-refractivity contribution in [3.63, 3.8) is 0 Å². The Balaban J connectivity index is 1.38. The second-order valence-corrected chi connectivity index (χ2v) is 11.1. The van der Waals surface area contributed by atoms with Gasteiger partial charge in [-0.05, 0) is 91.6 Å². The van der Waals surface area contributed by atoms with Gasteiger partial charge in [0.1, 0.15) is 23.0 Å². The fourth-order valence-electron chi connectivity index (χ4n) is 5.56. The van der Waals surface area contributed by atoms with Gasteiger partial charge in [0.15, 0.2) is 0 Å². The van der Waals surface area contributed by atoms with Gasteiger partial charge in [0.25, 0.3) is 6.71 Å². The predicted octanol–water partition coefficient (Wildman–Crippen LogP) is 4.25. The van der Waals surface area contributed by atoms with Gasteiger partial charge in [-0.3, -0.25) is 0 Å². The average Bonchev–Trinajstić information content (AvgIpc) is 3.14. The quantitative estimate of drug-likeness (QED) is 0.335. The maximum Gasteiger partial charge on any atom is 0.494 e. The first-order chi connectivity index (χ1) is 18.2. The second kappa shape index (κ2) is 8.01. The van der Waals surface area contributed by atoms with Crippen molar-refractivity contribution in [1.29, 1.82) is 5.26 Å². The van der Waals surface area contributed by atoms with Crippen LogP contribution in [-0.4, -0.2) is 25.0 Å². The van der Waals surface area contributed by atoms with E-state index in [4.69, 9.17) is 18.8 Å². The van der Waals surface area contributed by atoms with E-state index in [0.29, 0.717) is 5.56 Å². The van der Waals surface area contributed by atoms with Crippen LogP contribution in [0.5, 0.6) is 23.0 Å². The number of para-hydroxylation sites is 2. The highest BCUT2D eigenvalue weighted by Gasteiger charge is 2.52. The van der Waals surface area contributed by atoms with Crippen molar-refractivity contribution in [3.8, 4) is 40.2 Å². The molecule has 3 heterocycles. The Hall–Kier alpha value is -3.98. The number of benzene rings is 4. The first kappa shape index (κ1) is 23.2. The number of hydrogen-bond donors (Lipinski definition) is 0. The van der Waals surface area contributed by atoms with Crippen LogP contribution in [0.2, 0.25) is 0 Å². The summed E-state index contributed by atoms with van der Waals surface area (Å²) in [5, 5.41) is 9.86. The molecule has 0 spiro atoms. The van der Waals surface area contributed by atoms with Crippen LogP contribution in [0.4, 0.5) is 0 Å². The van der Waals surface area contributed by atoms with E-state index in [1.54, 1.807) is 0 Å². The number of nitrogens with zero attached hydrogens (tertiary/aromatic N) is 1. The van der Waals surface area contributed by atoms with E-state index in [9.17, 15) is 5.26 Å². The molecular formula is C31H25B2NO4. The fraction of sp³-hybridized carbons (Fsp3) is 0.194. The van der Waals surface area contributed by atoms with Gasteiger partial charge in [0.05, 0.1) is 22.8 Å². The summed E-state index contributed by atoms with van der Waals surface area (Å²) in [4.78, 5) is 0. The molecule has 0 aliphatic carbocycles. The molecule has 0 atom stereocenters. The maximum atomic E-state index is 9.86. The molecule has 0 radical (unpaired) electrons. The van der Waals surface area contributed by atoms with Crippen molar-refractivity contribution >= 4 is 35.7 Å². The van der Waals surface area contributed by atoms with Crippen molar-refractivity contribution in [1.82, 2.24) is 0 Å². The first-order valence-electron chi connectivity index (χ1n) is 12.9. The summed E-state index contributed by atoms with van der Waals surface area (Å²) in [5.74, 6) is 3.20. The third-order valence-corrected chi connectivity index (χ3v) is 8.24. The first-order valence-corrected chi connectivity index (χ1v) is 12.9. The van der Waals surface area contributed by atoms with Crippen molar-refractivity contribution in [2.24, 2.45) is 0 Å². The van der Waals surface area contributed by atoms with E-state index in [-0.39, 0.29) is 6.71 Å². The van der Waals surface area contributed by atoms with Crippen molar-refractivity contribution in [2.45, 2.75) is 38.9 Å². The number of fused-ring (bicyclic) bond motifs is 4. The zero-order chi connectivity index (χ0) is 26.2. The molecule has 0 aromatic heterocycles. The summed E-state index contributed by atoms with van der Waals surface area (Å²) >= 11 is 0. The molecule has 7 heteroatoms. The molecule has 3 aliphatic heterocycles. The largest absolute Gasteiger partial charge is 0.494 e. The third-order valence-electron chi connectivity index (χ3n) is 8.24. The molecule has 184 valence electrons. The van der Waals surface area contributed by atoms with Gasteiger partial charge in [0.2, 0.25) is 0 Å². The zero-order valence-electron chi connectivity index (χ0n) is 21.7. The van der Waals surface area contributed by atoms with Gasteiger partial charge in [-0.1, -0.05) is 42.5 Å². The smallest absolute Gasteiger partial charge is 0.458 e. The highest BCUT2D eigenvalue weighted by Crippen LogP contribution is 2.39. The highest BCUT2D eigenvalue weighted by molar-refractivity contribution is 6.98. The van der Waals surface area contributed by atoms with Crippen LogP contribution in [0.15, 0.2) is 78.9 Å². The number of ether oxygens (including phenoxy) is 2. The van der Waals surface area contributed by atoms with Gasteiger partial charge >= 0.3 is 7.12 Å². The van der Waals surface area contributed by atoms with Crippen LogP contribution in [0, 0.1) is 11.3 Å². The lowest BCUT2D eigenvalue weighted by atomic mass is 9.35. The third kappa shape index (κ3) is 3.41. The molecule has 0 unspecified atom stereocenters. The minimum Gasteiger partial charge on any atom is -0.458 e. The van der Waals surface area contributed by atoms with E-state index >= 15 is 0 Å². The number of nitriles is 1. The molecular weight excluding hydrogens is 472 g/mol. The Morgan fingerprint density at radius 3 is 1.74 bits per heavy atom. The lowest BCUT2D eigenvalue weighted by Crippen LogP contribution is -2.57. The molecule has 4 aromatic carbocycles. The van der Waals surface area contributed by atoms with Crippen LogP contribution >= 0.6 is 0 Å². The molecule has 1 saturated heterocycles.